The van der Waals surface area contributed by atoms with Gasteiger partial charge in [0.2, 0.25) is 17.7 Å². The number of H-pyrrole nitrogens is 2. The van der Waals surface area contributed by atoms with Crippen LogP contribution in [-0.4, -0.2) is 79.4 Å². The van der Waals surface area contributed by atoms with Crippen LogP contribution in [0.4, 0.5) is 0 Å². The molecule has 2 aromatic heterocycles. The molecule has 0 saturated heterocycles. The van der Waals surface area contributed by atoms with Crippen molar-refractivity contribution in [3.8, 4) is 0 Å². The molecule has 0 aliphatic heterocycles. The van der Waals surface area contributed by atoms with Crippen molar-refractivity contribution in [2.75, 3.05) is 6.54 Å². The number of benzene rings is 1. The van der Waals surface area contributed by atoms with Gasteiger partial charge in [-0.15, -0.1) is 0 Å². The number of hydrogen-bond donors (Lipinski definition) is 8. The van der Waals surface area contributed by atoms with Crippen LogP contribution in [0.3, 0.4) is 0 Å². The molecule has 3 aromatic rings. The van der Waals surface area contributed by atoms with Crippen molar-refractivity contribution >= 4 is 23.7 Å². The van der Waals surface area contributed by atoms with Gasteiger partial charge >= 0.3 is 5.97 Å². The summed E-state index contributed by atoms with van der Waals surface area (Å²) in [6, 6.07) is 4.63. The highest BCUT2D eigenvalue weighted by Gasteiger charge is 2.31. The smallest absolute Gasteiger partial charge is 0.326 e. The number of carboxylic acid groups (broad SMARTS) is 1. The molecule has 41 heavy (non-hydrogen) atoms. The maximum Gasteiger partial charge on any atom is 0.326 e. The number of rotatable bonds is 17. The molecule has 4 atom stereocenters. The maximum absolute atomic E-state index is 13.6. The molecule has 3 amide bonds. The second kappa shape index (κ2) is 15.9. The predicted molar refractivity (Wildman–Crippen MR) is 149 cm³/mol. The average Bonchev–Trinajstić information content (AvgIpc) is 3.67. The van der Waals surface area contributed by atoms with E-state index in [0.29, 0.717) is 30.8 Å². The van der Waals surface area contributed by atoms with Gasteiger partial charge in [0, 0.05) is 43.0 Å². The van der Waals surface area contributed by atoms with E-state index in [1.807, 2.05) is 6.07 Å². The fourth-order valence-corrected chi connectivity index (χ4v) is 4.18. The normalized spacial score (nSPS) is 13.9. The van der Waals surface area contributed by atoms with Crippen LogP contribution in [0.25, 0.3) is 0 Å². The number of carbonyl (C=O) groups is 4. The highest BCUT2D eigenvalue weighted by molar-refractivity contribution is 5.94. The number of carboxylic acids is 1. The Morgan fingerprint density at radius 3 is 1.90 bits per heavy atom. The van der Waals surface area contributed by atoms with Crippen LogP contribution in [0, 0.1) is 0 Å². The van der Waals surface area contributed by atoms with E-state index in [1.54, 1.807) is 30.5 Å². The van der Waals surface area contributed by atoms with Gasteiger partial charge in [0.15, 0.2) is 0 Å². The molecule has 0 aliphatic rings. The monoisotopic (exact) mass is 567 g/mol. The molecular weight excluding hydrogens is 530 g/mol. The molecule has 10 N–H and O–H groups in total. The van der Waals surface area contributed by atoms with Crippen LogP contribution in [-0.2, 0) is 38.4 Å². The summed E-state index contributed by atoms with van der Waals surface area (Å²) >= 11 is 0. The summed E-state index contributed by atoms with van der Waals surface area (Å²) in [6.07, 6.45) is 7.61. The Balaban J connectivity index is 1.77. The molecule has 0 radical (unpaired) electrons. The molecule has 0 saturated carbocycles. The van der Waals surface area contributed by atoms with Gasteiger partial charge in [-0.3, -0.25) is 14.4 Å². The molecular formula is C27H37N9O5. The second-order valence-electron chi connectivity index (χ2n) is 9.66. The van der Waals surface area contributed by atoms with Gasteiger partial charge in [-0.2, -0.15) is 0 Å². The minimum atomic E-state index is -1.18. The van der Waals surface area contributed by atoms with Gasteiger partial charge in [-0.25, -0.2) is 14.8 Å². The summed E-state index contributed by atoms with van der Waals surface area (Å²) in [5.74, 6) is -3.07. The predicted octanol–water partition coefficient (Wildman–Crippen LogP) is -0.844. The van der Waals surface area contributed by atoms with Crippen molar-refractivity contribution in [2.45, 2.75) is 62.7 Å². The van der Waals surface area contributed by atoms with Gasteiger partial charge in [-0.1, -0.05) is 30.3 Å². The number of nitrogens with two attached hydrogens (primary N) is 2. The van der Waals surface area contributed by atoms with E-state index in [-0.39, 0.29) is 25.7 Å². The molecule has 2 heterocycles. The number of carbonyl (C=O) groups excluding carboxylic acids is 3. The average molecular weight is 568 g/mol. The lowest BCUT2D eigenvalue weighted by atomic mass is 10.0. The zero-order chi connectivity index (χ0) is 29.6. The maximum atomic E-state index is 13.6. The molecule has 14 nitrogen and oxygen atoms in total. The molecule has 0 aliphatic carbocycles. The zero-order valence-corrected chi connectivity index (χ0v) is 22.6. The summed E-state index contributed by atoms with van der Waals surface area (Å²) in [5.41, 5.74) is 13.6. The van der Waals surface area contributed by atoms with E-state index in [4.69, 9.17) is 11.5 Å². The van der Waals surface area contributed by atoms with E-state index in [0.717, 1.165) is 5.56 Å². The zero-order valence-electron chi connectivity index (χ0n) is 22.6. The van der Waals surface area contributed by atoms with E-state index in [9.17, 15) is 24.3 Å². The number of nitrogens with one attached hydrogen (secondary N) is 5. The van der Waals surface area contributed by atoms with Crippen molar-refractivity contribution < 1.29 is 24.3 Å². The Hall–Kier alpha value is -4.56. The lowest BCUT2D eigenvalue weighted by molar-refractivity contribution is -0.142. The van der Waals surface area contributed by atoms with Gasteiger partial charge in [-0.05, 0) is 31.4 Å². The molecule has 3 rings (SSSR count). The van der Waals surface area contributed by atoms with Crippen LogP contribution in [0.5, 0.6) is 0 Å². The summed E-state index contributed by atoms with van der Waals surface area (Å²) in [7, 11) is 0. The van der Waals surface area contributed by atoms with E-state index in [1.165, 1.54) is 18.9 Å². The minimum absolute atomic E-state index is 0.0465. The van der Waals surface area contributed by atoms with Crippen molar-refractivity contribution in [3.63, 3.8) is 0 Å². The fourth-order valence-electron chi connectivity index (χ4n) is 4.18. The second-order valence-corrected chi connectivity index (χ2v) is 9.66. The summed E-state index contributed by atoms with van der Waals surface area (Å²) in [5, 5.41) is 17.6. The molecule has 0 fully saturated rings. The van der Waals surface area contributed by atoms with E-state index in [2.05, 4.69) is 35.9 Å². The van der Waals surface area contributed by atoms with Crippen LogP contribution < -0.4 is 27.4 Å². The number of unbranched alkanes of at least 4 members (excludes halogenated alkanes) is 1. The van der Waals surface area contributed by atoms with Gasteiger partial charge in [0.05, 0.1) is 18.7 Å². The van der Waals surface area contributed by atoms with Crippen molar-refractivity contribution in [3.05, 3.63) is 72.3 Å². The quantitative estimate of drug-likeness (QED) is 0.0948. The molecule has 14 heteroatoms. The Labute approximate surface area is 237 Å². The first-order chi connectivity index (χ1) is 19.8. The first-order valence-corrected chi connectivity index (χ1v) is 13.3. The third kappa shape index (κ3) is 10.2. The number of imidazole rings is 2. The number of aliphatic carboxylic acids is 1. The third-order valence-electron chi connectivity index (χ3n) is 6.42. The highest BCUT2D eigenvalue weighted by Crippen LogP contribution is 2.08. The van der Waals surface area contributed by atoms with Crippen LogP contribution >= 0.6 is 0 Å². The highest BCUT2D eigenvalue weighted by atomic mass is 16.4. The van der Waals surface area contributed by atoms with Crippen LogP contribution in [0.1, 0.15) is 36.2 Å². The van der Waals surface area contributed by atoms with Crippen molar-refractivity contribution in [1.82, 2.24) is 35.9 Å². The summed E-state index contributed by atoms with van der Waals surface area (Å²) in [6.45, 7) is 0.405. The number of aromatic amines is 2. The SMILES string of the molecule is NCCCCC(NC(=O)C(Cc1ccccc1)NC(=O)C(Cc1cnc[nH]1)NC(=O)C(N)Cc1cnc[nH]1)C(=O)O. The molecule has 4 unspecified atom stereocenters. The molecule has 0 spiro atoms. The van der Waals surface area contributed by atoms with Gasteiger partial charge in [0.1, 0.15) is 18.1 Å². The minimum Gasteiger partial charge on any atom is -0.480 e. The summed E-state index contributed by atoms with van der Waals surface area (Å²) in [4.78, 5) is 65.3. The molecule has 1 aromatic carbocycles. The third-order valence-corrected chi connectivity index (χ3v) is 6.42. The Morgan fingerprint density at radius 1 is 0.780 bits per heavy atom. The lowest BCUT2D eigenvalue weighted by Crippen LogP contribution is -2.58. The van der Waals surface area contributed by atoms with Gasteiger partial charge in [0.25, 0.3) is 0 Å². The largest absolute Gasteiger partial charge is 0.480 e. The molecule has 220 valence electrons. The topological polar surface area (TPSA) is 234 Å². The number of nitrogens with zero attached hydrogens (tertiary/aromatic N) is 2. The van der Waals surface area contributed by atoms with E-state index >= 15 is 0 Å². The van der Waals surface area contributed by atoms with Crippen molar-refractivity contribution in [1.29, 1.82) is 0 Å². The summed E-state index contributed by atoms with van der Waals surface area (Å²) < 4.78 is 0. The van der Waals surface area contributed by atoms with Crippen LogP contribution in [0.15, 0.2) is 55.4 Å². The number of amides is 3. The first-order valence-electron chi connectivity index (χ1n) is 13.3. The van der Waals surface area contributed by atoms with E-state index < -0.39 is 47.9 Å². The standard InChI is InChI=1S/C27H37N9O5/c28-9-5-4-8-21(27(40)41)34-25(38)22(10-17-6-2-1-3-7-17)36-26(39)23(12-19-14-31-16-33-19)35-24(37)20(29)11-18-13-30-15-32-18/h1-3,6-7,13-16,20-23H,4-5,8-12,28-29H2,(H,30,32)(H,31,33)(H,34,38)(H,35,37)(H,36,39)(H,40,41). The number of hydrogen-bond acceptors (Lipinski definition) is 8. The lowest BCUT2D eigenvalue weighted by Gasteiger charge is -2.25. The van der Waals surface area contributed by atoms with Crippen LogP contribution in [0.2, 0.25) is 0 Å². The van der Waals surface area contributed by atoms with Crippen molar-refractivity contribution in [2.24, 2.45) is 11.5 Å². The number of aromatic nitrogens is 4. The first kappa shape index (κ1) is 31.0. The Bertz CT molecular complexity index is 1240. The Kier molecular flexibility index (Phi) is 12.0. The van der Waals surface area contributed by atoms with Gasteiger partial charge < -0.3 is 42.5 Å². The fraction of sp³-hybridized carbons (Fsp3) is 0.407. The Morgan fingerprint density at radius 2 is 1.34 bits per heavy atom. The molecule has 0 bridgehead atoms.